The van der Waals surface area contributed by atoms with Crippen LogP contribution in [-0.2, 0) is 4.43 Å². The maximum absolute atomic E-state index is 10.4. The zero-order valence-electron chi connectivity index (χ0n) is 10.9. The van der Waals surface area contributed by atoms with Gasteiger partial charge in [-0.25, -0.2) is 4.79 Å². The molecule has 0 bridgehead atoms. The van der Waals surface area contributed by atoms with Crippen molar-refractivity contribution in [3.05, 3.63) is 0 Å². The van der Waals surface area contributed by atoms with Crippen molar-refractivity contribution in [2.24, 2.45) is 0 Å². The highest BCUT2D eigenvalue weighted by atomic mass is 28.4. The Kier molecular flexibility index (Phi) is 4.97. The molecule has 0 aliphatic rings. The van der Waals surface area contributed by atoms with Crippen LogP contribution in [-0.4, -0.2) is 37.0 Å². The lowest BCUT2D eigenvalue weighted by atomic mass is 10.2. The van der Waals surface area contributed by atoms with E-state index in [-0.39, 0.29) is 5.04 Å². The fraction of sp³-hybridized carbons (Fsp3) is 0.900. The highest BCUT2D eigenvalue weighted by molar-refractivity contribution is 6.74. The van der Waals surface area contributed by atoms with Crippen molar-refractivity contribution in [1.82, 2.24) is 5.32 Å². The summed E-state index contributed by atoms with van der Waals surface area (Å²) in [5, 5.41) is 20.4. The number of carbonyl (C=O) groups is 1. The van der Waals surface area contributed by atoms with E-state index in [0.29, 0.717) is 0 Å². The summed E-state index contributed by atoms with van der Waals surface area (Å²) in [6.45, 7) is 11.8. The molecule has 3 N–H and O–H groups in total. The Morgan fingerprint density at radius 1 is 1.38 bits per heavy atom. The third-order valence-corrected chi connectivity index (χ3v) is 7.44. The van der Waals surface area contributed by atoms with Gasteiger partial charge < -0.3 is 20.0 Å². The van der Waals surface area contributed by atoms with Crippen LogP contribution in [0.1, 0.15) is 27.7 Å². The summed E-state index contributed by atoms with van der Waals surface area (Å²) >= 11 is 0. The van der Waals surface area contributed by atoms with Crippen LogP contribution in [0.2, 0.25) is 18.1 Å². The van der Waals surface area contributed by atoms with E-state index in [2.05, 4.69) is 26.1 Å². The summed E-state index contributed by atoms with van der Waals surface area (Å²) in [5.74, 6) is 0. The highest BCUT2D eigenvalue weighted by Gasteiger charge is 2.40. The third-order valence-electron chi connectivity index (χ3n) is 3.00. The first kappa shape index (κ1) is 15.4. The molecule has 0 aromatic rings. The lowest BCUT2D eigenvalue weighted by Gasteiger charge is -2.38. The molecule has 0 spiro atoms. The van der Waals surface area contributed by atoms with E-state index in [1.807, 2.05) is 13.1 Å². The molecule has 0 fully saturated rings. The molecule has 16 heavy (non-hydrogen) atoms. The molecule has 0 aliphatic carbocycles. The second kappa shape index (κ2) is 5.16. The number of nitrogens with one attached hydrogen (secondary N) is 1. The van der Waals surface area contributed by atoms with Gasteiger partial charge in [-0.15, -0.1) is 0 Å². The van der Waals surface area contributed by atoms with Crippen molar-refractivity contribution in [1.29, 1.82) is 0 Å². The molecule has 0 aromatic carbocycles. The Morgan fingerprint density at radius 3 is 2.12 bits per heavy atom. The minimum Gasteiger partial charge on any atom is -0.465 e. The summed E-state index contributed by atoms with van der Waals surface area (Å²) in [4.78, 5) is 10.4. The van der Waals surface area contributed by atoms with E-state index < -0.39 is 26.7 Å². The smallest absolute Gasteiger partial charge is 0.405 e. The van der Waals surface area contributed by atoms with Gasteiger partial charge in [0.25, 0.3) is 0 Å². The number of hydrogen-bond acceptors (Lipinski definition) is 3. The van der Waals surface area contributed by atoms with Crippen LogP contribution in [0.3, 0.4) is 0 Å². The van der Waals surface area contributed by atoms with Crippen molar-refractivity contribution in [3.63, 3.8) is 0 Å². The van der Waals surface area contributed by atoms with Crippen LogP contribution in [0.4, 0.5) is 4.79 Å². The van der Waals surface area contributed by atoms with Crippen LogP contribution < -0.4 is 5.32 Å². The Morgan fingerprint density at radius 2 is 1.81 bits per heavy atom. The van der Waals surface area contributed by atoms with Crippen LogP contribution >= 0.6 is 0 Å². The molecule has 5 nitrogen and oxygen atoms in total. The van der Waals surface area contributed by atoms with Gasteiger partial charge in [0.2, 0.25) is 0 Å². The Hall–Kier alpha value is -0.593. The summed E-state index contributed by atoms with van der Waals surface area (Å²) in [6, 6.07) is -0.633. The van der Waals surface area contributed by atoms with Crippen LogP contribution in [0.15, 0.2) is 0 Å². The topological polar surface area (TPSA) is 78.8 Å². The molecule has 2 atom stereocenters. The largest absolute Gasteiger partial charge is 0.465 e. The quantitative estimate of drug-likeness (QED) is 0.526. The van der Waals surface area contributed by atoms with Crippen LogP contribution in [0.25, 0.3) is 0 Å². The highest BCUT2D eigenvalue weighted by Crippen LogP contribution is 2.37. The molecule has 0 rings (SSSR count). The Bertz CT molecular complexity index is 250. The van der Waals surface area contributed by atoms with Crippen molar-refractivity contribution in [2.45, 2.75) is 58.2 Å². The number of aliphatic hydroxyl groups excluding tert-OH is 1. The number of hydrogen-bond donors (Lipinski definition) is 3. The minimum absolute atomic E-state index is 0.0169. The van der Waals surface area contributed by atoms with E-state index in [4.69, 9.17) is 9.53 Å². The first-order valence-corrected chi connectivity index (χ1v) is 8.23. The summed E-state index contributed by atoms with van der Waals surface area (Å²) < 4.78 is 5.63. The average molecular weight is 249 g/mol. The molecule has 6 heteroatoms. The van der Waals surface area contributed by atoms with Gasteiger partial charge in [-0.05, 0) is 25.1 Å². The van der Waals surface area contributed by atoms with Crippen molar-refractivity contribution < 1.29 is 19.4 Å². The van der Waals surface area contributed by atoms with Crippen LogP contribution in [0, 0.1) is 0 Å². The standard InChI is InChI=1S/C10H23NO4Si/c1-7(11-9(13)14)8(12)15-16(5,6)10(2,3)4/h7-8,11-12H,1-6H3,(H,13,14). The second-order valence-electron chi connectivity index (χ2n) is 5.51. The molecule has 0 aromatic heterocycles. The molecule has 0 saturated carbocycles. The van der Waals surface area contributed by atoms with Gasteiger partial charge in [0, 0.05) is 0 Å². The lowest BCUT2D eigenvalue weighted by molar-refractivity contribution is -0.0497. The van der Waals surface area contributed by atoms with Crippen molar-refractivity contribution in [2.75, 3.05) is 0 Å². The first-order chi connectivity index (χ1) is 6.97. The van der Waals surface area contributed by atoms with E-state index in [1.54, 1.807) is 6.92 Å². The fourth-order valence-corrected chi connectivity index (χ4v) is 2.01. The number of carboxylic acid groups (broad SMARTS) is 1. The third kappa shape index (κ3) is 4.50. The Balaban J connectivity index is 4.44. The maximum Gasteiger partial charge on any atom is 0.405 e. The summed E-state index contributed by atoms with van der Waals surface area (Å²) in [6.07, 6.45) is -2.26. The molecule has 2 unspecified atom stereocenters. The molecule has 0 radical (unpaired) electrons. The minimum atomic E-state index is -2.06. The zero-order chi connectivity index (χ0) is 13.1. The van der Waals surface area contributed by atoms with Gasteiger partial charge in [0.15, 0.2) is 14.6 Å². The number of aliphatic hydroxyl groups is 1. The predicted molar refractivity (Wildman–Crippen MR) is 64.9 cm³/mol. The molecule has 0 heterocycles. The number of amides is 1. The fourth-order valence-electron chi connectivity index (χ4n) is 0.847. The van der Waals surface area contributed by atoms with Gasteiger partial charge in [-0.3, -0.25) is 0 Å². The summed E-state index contributed by atoms with van der Waals surface area (Å²) in [5.41, 5.74) is 0. The number of rotatable bonds is 4. The van der Waals surface area contributed by atoms with Crippen molar-refractivity contribution >= 4 is 14.4 Å². The van der Waals surface area contributed by atoms with E-state index in [9.17, 15) is 9.90 Å². The first-order valence-electron chi connectivity index (χ1n) is 5.33. The molecule has 0 saturated heterocycles. The summed E-state index contributed by atoms with van der Waals surface area (Å²) in [7, 11) is -2.06. The van der Waals surface area contributed by atoms with Crippen molar-refractivity contribution in [3.8, 4) is 0 Å². The van der Waals surface area contributed by atoms with Gasteiger partial charge in [0.1, 0.15) is 0 Å². The average Bonchev–Trinajstić information content (AvgIpc) is 1.99. The normalized spacial score (nSPS) is 16.7. The van der Waals surface area contributed by atoms with Gasteiger partial charge >= 0.3 is 6.09 Å². The molecule has 1 amide bonds. The Labute approximate surface area is 97.9 Å². The maximum atomic E-state index is 10.4. The van der Waals surface area contributed by atoms with Gasteiger partial charge in [-0.2, -0.15) is 0 Å². The van der Waals surface area contributed by atoms with E-state index in [1.165, 1.54) is 0 Å². The molecular weight excluding hydrogens is 226 g/mol. The lowest BCUT2D eigenvalue weighted by Crippen LogP contribution is -2.50. The molecule has 96 valence electrons. The monoisotopic (exact) mass is 249 g/mol. The second-order valence-corrected chi connectivity index (χ2v) is 10.3. The molecule has 0 aliphatic heterocycles. The van der Waals surface area contributed by atoms with Crippen LogP contribution in [0.5, 0.6) is 0 Å². The van der Waals surface area contributed by atoms with Gasteiger partial charge in [-0.1, -0.05) is 20.8 Å². The van der Waals surface area contributed by atoms with E-state index in [0.717, 1.165) is 0 Å². The SMILES string of the molecule is CC(NC(=O)O)C(O)O[Si](C)(C)C(C)(C)C. The van der Waals surface area contributed by atoms with E-state index >= 15 is 0 Å². The molecular formula is C10H23NO4Si. The predicted octanol–water partition coefficient (Wildman–Crippen LogP) is 1.98. The van der Waals surface area contributed by atoms with Gasteiger partial charge in [0.05, 0.1) is 6.04 Å². The zero-order valence-corrected chi connectivity index (χ0v) is 11.9.